The van der Waals surface area contributed by atoms with Crippen LogP contribution < -0.4 is 0 Å². The van der Waals surface area contributed by atoms with Gasteiger partial charge in [-0.1, -0.05) is 24.3 Å². The summed E-state index contributed by atoms with van der Waals surface area (Å²) in [4.78, 5) is 0. The van der Waals surface area contributed by atoms with Crippen LogP contribution in [0.25, 0.3) is 0 Å². The molecule has 0 aromatic rings. The number of ether oxygens (including phenoxy) is 2. The third-order valence-electron chi connectivity index (χ3n) is 4.22. The molecular formula is C14H20O2. The zero-order chi connectivity index (χ0) is 11.7. The predicted molar refractivity (Wildman–Crippen MR) is 63.0 cm³/mol. The molecule has 0 radical (unpaired) electrons. The van der Waals surface area contributed by atoms with E-state index in [0.717, 1.165) is 0 Å². The third-order valence-corrected chi connectivity index (χ3v) is 4.22. The summed E-state index contributed by atoms with van der Waals surface area (Å²) in [7, 11) is 1.78. The van der Waals surface area contributed by atoms with E-state index in [-0.39, 0.29) is 16.4 Å². The van der Waals surface area contributed by atoms with Crippen LogP contribution in [-0.2, 0) is 9.47 Å². The molecule has 3 aliphatic carbocycles. The number of fused-ring (bicyclic) bond motifs is 1. The van der Waals surface area contributed by atoms with Crippen LogP contribution in [0.5, 0.6) is 0 Å². The maximum absolute atomic E-state index is 6.28. The Kier molecular flexibility index (Phi) is 1.73. The molecular weight excluding hydrogens is 200 g/mol. The van der Waals surface area contributed by atoms with Gasteiger partial charge in [-0.3, -0.25) is 0 Å². The Morgan fingerprint density at radius 2 is 1.62 bits per heavy atom. The van der Waals surface area contributed by atoms with Crippen LogP contribution >= 0.6 is 0 Å². The summed E-state index contributed by atoms with van der Waals surface area (Å²) in [6, 6.07) is 0. The first-order chi connectivity index (χ1) is 7.43. The minimum absolute atomic E-state index is 0.0159. The molecule has 2 nitrogen and oxygen atoms in total. The molecule has 0 heterocycles. The molecule has 0 bridgehead atoms. The largest absolute Gasteiger partial charge is 0.351 e. The second kappa shape index (κ2) is 2.62. The monoisotopic (exact) mass is 220 g/mol. The highest BCUT2D eigenvalue weighted by Crippen LogP contribution is 2.88. The van der Waals surface area contributed by atoms with Crippen molar-refractivity contribution in [2.24, 2.45) is 10.8 Å². The van der Waals surface area contributed by atoms with Gasteiger partial charge >= 0.3 is 0 Å². The average Bonchev–Trinajstić information content (AvgIpc) is 2.97. The molecule has 0 aromatic carbocycles. The third kappa shape index (κ3) is 0.917. The Morgan fingerprint density at radius 1 is 1.06 bits per heavy atom. The second-order valence-electron chi connectivity index (χ2n) is 6.20. The highest BCUT2D eigenvalue weighted by Gasteiger charge is 2.93. The molecule has 2 heteroatoms. The number of hydrogen-bond donors (Lipinski definition) is 0. The Hall–Kier alpha value is -0.600. The molecule has 3 rings (SSSR count). The van der Waals surface area contributed by atoms with Crippen molar-refractivity contribution in [1.29, 1.82) is 0 Å². The lowest BCUT2D eigenvalue weighted by atomic mass is 10.1. The van der Waals surface area contributed by atoms with E-state index in [9.17, 15) is 0 Å². The molecule has 1 atom stereocenters. The van der Waals surface area contributed by atoms with Gasteiger partial charge in [-0.2, -0.15) is 0 Å². The standard InChI is InChI=1S/C14H20O2/c1-11(2,3)16-14(15-4)12(7-5-6-8-12)13(14)9-10-13/h5-8H,9-10H2,1-4H3. The van der Waals surface area contributed by atoms with Crippen LogP contribution in [0.4, 0.5) is 0 Å². The van der Waals surface area contributed by atoms with E-state index in [0.29, 0.717) is 0 Å². The van der Waals surface area contributed by atoms with Gasteiger partial charge in [0.15, 0.2) is 5.79 Å². The number of rotatable bonds is 2. The van der Waals surface area contributed by atoms with Crippen molar-refractivity contribution in [2.75, 3.05) is 7.11 Å². The Labute approximate surface area is 97.3 Å². The summed E-state index contributed by atoms with van der Waals surface area (Å²) in [6.07, 6.45) is 11.2. The Morgan fingerprint density at radius 3 is 2.00 bits per heavy atom. The van der Waals surface area contributed by atoms with Gasteiger partial charge in [0.2, 0.25) is 0 Å². The van der Waals surface area contributed by atoms with Crippen LogP contribution in [0.2, 0.25) is 0 Å². The maximum Gasteiger partial charge on any atom is 0.188 e. The van der Waals surface area contributed by atoms with E-state index >= 15 is 0 Å². The van der Waals surface area contributed by atoms with Gasteiger partial charge in [-0.05, 0) is 33.6 Å². The molecule has 88 valence electrons. The van der Waals surface area contributed by atoms with Crippen molar-refractivity contribution >= 4 is 0 Å². The van der Waals surface area contributed by atoms with Crippen LogP contribution in [0, 0.1) is 10.8 Å². The first kappa shape index (κ1) is 10.5. The zero-order valence-corrected chi connectivity index (χ0v) is 10.5. The molecule has 16 heavy (non-hydrogen) atoms. The summed E-state index contributed by atoms with van der Waals surface area (Å²) in [5, 5.41) is 0. The van der Waals surface area contributed by atoms with Crippen molar-refractivity contribution in [3.8, 4) is 0 Å². The molecule has 2 fully saturated rings. The van der Waals surface area contributed by atoms with E-state index in [2.05, 4.69) is 45.1 Å². The van der Waals surface area contributed by atoms with Gasteiger partial charge in [0.05, 0.1) is 11.0 Å². The van der Waals surface area contributed by atoms with Crippen LogP contribution in [0.15, 0.2) is 24.3 Å². The van der Waals surface area contributed by atoms with E-state index < -0.39 is 5.79 Å². The predicted octanol–water partition coefficient (Wildman–Crippen LogP) is 3.05. The number of hydrogen-bond acceptors (Lipinski definition) is 2. The summed E-state index contributed by atoms with van der Waals surface area (Å²) in [5.74, 6) is -0.415. The van der Waals surface area contributed by atoms with Gasteiger partial charge in [0.25, 0.3) is 0 Å². The fourth-order valence-electron chi connectivity index (χ4n) is 3.57. The Bertz CT molecular complexity index is 370. The van der Waals surface area contributed by atoms with Gasteiger partial charge in [0, 0.05) is 12.5 Å². The van der Waals surface area contributed by atoms with Crippen molar-refractivity contribution in [1.82, 2.24) is 0 Å². The topological polar surface area (TPSA) is 18.5 Å². The highest BCUT2D eigenvalue weighted by molar-refractivity contribution is 5.51. The lowest BCUT2D eigenvalue weighted by molar-refractivity contribution is -0.226. The van der Waals surface area contributed by atoms with E-state index in [4.69, 9.17) is 9.47 Å². The normalized spacial score (nSPS) is 36.2. The molecule has 3 aliphatic rings. The molecule has 1 unspecified atom stereocenters. The van der Waals surface area contributed by atoms with Crippen LogP contribution in [-0.4, -0.2) is 18.5 Å². The fourth-order valence-corrected chi connectivity index (χ4v) is 3.57. The quantitative estimate of drug-likeness (QED) is 0.666. The van der Waals surface area contributed by atoms with E-state index in [1.54, 1.807) is 7.11 Å². The van der Waals surface area contributed by atoms with E-state index in [1.807, 2.05) is 0 Å². The molecule has 0 aliphatic heterocycles. The minimum Gasteiger partial charge on any atom is -0.351 e. The lowest BCUT2D eigenvalue weighted by Gasteiger charge is -2.29. The summed E-state index contributed by atoms with van der Waals surface area (Å²) in [5.41, 5.74) is 0.0763. The van der Waals surface area contributed by atoms with Crippen LogP contribution in [0.3, 0.4) is 0 Å². The molecule has 0 saturated heterocycles. The fraction of sp³-hybridized carbons (Fsp3) is 0.714. The van der Waals surface area contributed by atoms with Gasteiger partial charge < -0.3 is 9.47 Å². The minimum atomic E-state index is -0.415. The van der Waals surface area contributed by atoms with Gasteiger partial charge in [-0.25, -0.2) is 0 Å². The first-order valence-electron chi connectivity index (χ1n) is 6.06. The lowest BCUT2D eigenvalue weighted by Crippen LogP contribution is -2.35. The van der Waals surface area contributed by atoms with Crippen LogP contribution in [0.1, 0.15) is 33.6 Å². The summed E-state index contributed by atoms with van der Waals surface area (Å²) >= 11 is 0. The van der Waals surface area contributed by atoms with Crippen molar-refractivity contribution in [3.05, 3.63) is 24.3 Å². The number of methoxy groups -OCH3 is 1. The SMILES string of the molecule is COC1(OC(C)(C)C)C2(C=CC=C2)C12CC2. The molecule has 2 saturated carbocycles. The Balaban J connectivity index is 1.99. The molecule has 0 amide bonds. The summed E-state index contributed by atoms with van der Waals surface area (Å²) < 4.78 is 12.1. The van der Waals surface area contributed by atoms with Gasteiger partial charge in [-0.15, -0.1) is 0 Å². The smallest absolute Gasteiger partial charge is 0.188 e. The van der Waals surface area contributed by atoms with Gasteiger partial charge in [0.1, 0.15) is 0 Å². The molecule has 0 N–H and O–H groups in total. The second-order valence-corrected chi connectivity index (χ2v) is 6.20. The van der Waals surface area contributed by atoms with Crippen molar-refractivity contribution in [3.63, 3.8) is 0 Å². The average molecular weight is 220 g/mol. The molecule has 2 spiro atoms. The maximum atomic E-state index is 6.28. The number of allylic oxidation sites excluding steroid dienone is 2. The van der Waals surface area contributed by atoms with Crippen molar-refractivity contribution in [2.45, 2.75) is 45.0 Å². The highest BCUT2D eigenvalue weighted by atomic mass is 16.7. The summed E-state index contributed by atoms with van der Waals surface area (Å²) in [6.45, 7) is 6.29. The molecule has 0 aromatic heterocycles. The van der Waals surface area contributed by atoms with E-state index in [1.165, 1.54) is 12.8 Å². The first-order valence-corrected chi connectivity index (χ1v) is 6.06. The van der Waals surface area contributed by atoms with Crippen molar-refractivity contribution < 1.29 is 9.47 Å². The zero-order valence-electron chi connectivity index (χ0n) is 10.5.